The van der Waals surface area contributed by atoms with E-state index in [9.17, 15) is 0 Å². The smallest absolute Gasteiger partial charge is 0.124 e. The van der Waals surface area contributed by atoms with Gasteiger partial charge in [-0.25, -0.2) is 4.68 Å². The van der Waals surface area contributed by atoms with Crippen molar-refractivity contribution >= 4 is 11.5 Å². The lowest BCUT2D eigenvalue weighted by Gasteiger charge is -2.28. The molecule has 4 N–H and O–H groups in total. The number of nitrogen functional groups attached to an aromatic ring is 1. The van der Waals surface area contributed by atoms with Crippen LogP contribution in [0.25, 0.3) is 0 Å². The second-order valence-electron chi connectivity index (χ2n) is 4.50. The van der Waals surface area contributed by atoms with Gasteiger partial charge in [-0.15, -0.1) is 0 Å². The van der Waals surface area contributed by atoms with Crippen LogP contribution in [0.15, 0.2) is 18.5 Å². The Hall–Kier alpha value is -2.02. The summed E-state index contributed by atoms with van der Waals surface area (Å²) < 4.78 is 3.80. The van der Waals surface area contributed by atoms with Crippen molar-refractivity contribution in [1.82, 2.24) is 24.9 Å². The summed E-state index contributed by atoms with van der Waals surface area (Å²) in [6, 6.07) is 2.43. The summed E-state index contributed by atoms with van der Waals surface area (Å²) in [5.41, 5.74) is 7.55. The van der Waals surface area contributed by atoms with Crippen molar-refractivity contribution in [1.29, 1.82) is 0 Å². The number of hydrogen-bond acceptors (Lipinski definition) is 5. The van der Waals surface area contributed by atoms with Crippen molar-refractivity contribution < 1.29 is 0 Å². The molecule has 7 nitrogen and oxygen atoms in total. The Morgan fingerprint density at radius 2 is 2.33 bits per heavy atom. The Balaban J connectivity index is 1.72. The standard InChI is InChI=1S/C11H17N7/c1-17-10(9(12)6-16-17)7-14-11-2-3-15-18(11)8-4-13-5-8/h2-3,6,8,13-14H,4-5,7,12H2,1H3. The van der Waals surface area contributed by atoms with E-state index >= 15 is 0 Å². The Morgan fingerprint density at radius 1 is 1.50 bits per heavy atom. The molecule has 7 heteroatoms. The van der Waals surface area contributed by atoms with Gasteiger partial charge >= 0.3 is 0 Å². The fraction of sp³-hybridized carbons (Fsp3) is 0.455. The Morgan fingerprint density at radius 3 is 2.94 bits per heavy atom. The van der Waals surface area contributed by atoms with Crippen molar-refractivity contribution in [3.05, 3.63) is 24.2 Å². The fourth-order valence-corrected chi connectivity index (χ4v) is 2.06. The Labute approximate surface area is 105 Å². The second kappa shape index (κ2) is 4.34. The van der Waals surface area contributed by atoms with Gasteiger partial charge in [0.25, 0.3) is 0 Å². The van der Waals surface area contributed by atoms with Crippen LogP contribution >= 0.6 is 0 Å². The largest absolute Gasteiger partial charge is 0.396 e. The lowest BCUT2D eigenvalue weighted by molar-refractivity contribution is 0.321. The highest BCUT2D eigenvalue weighted by Gasteiger charge is 2.21. The van der Waals surface area contributed by atoms with Gasteiger partial charge in [-0.05, 0) is 0 Å². The molecule has 3 heterocycles. The molecule has 2 aromatic heterocycles. The zero-order chi connectivity index (χ0) is 12.5. The van der Waals surface area contributed by atoms with E-state index in [1.165, 1.54) is 0 Å². The summed E-state index contributed by atoms with van der Waals surface area (Å²) in [7, 11) is 1.89. The third kappa shape index (κ3) is 1.82. The predicted molar refractivity (Wildman–Crippen MR) is 69.1 cm³/mol. The molecule has 0 aliphatic carbocycles. The lowest BCUT2D eigenvalue weighted by atomic mass is 10.2. The molecule has 96 valence electrons. The number of aromatic nitrogens is 4. The van der Waals surface area contributed by atoms with Crippen LogP contribution in [0, 0.1) is 0 Å². The molecular weight excluding hydrogens is 230 g/mol. The van der Waals surface area contributed by atoms with Gasteiger partial charge in [0.15, 0.2) is 0 Å². The zero-order valence-electron chi connectivity index (χ0n) is 10.3. The van der Waals surface area contributed by atoms with Gasteiger partial charge in [0.1, 0.15) is 5.82 Å². The summed E-state index contributed by atoms with van der Waals surface area (Å²) in [6.45, 7) is 2.60. The quantitative estimate of drug-likeness (QED) is 0.705. The van der Waals surface area contributed by atoms with Gasteiger partial charge in [0, 0.05) is 26.2 Å². The average Bonchev–Trinajstić information content (AvgIpc) is 2.83. The van der Waals surface area contributed by atoms with E-state index < -0.39 is 0 Å². The first-order chi connectivity index (χ1) is 8.75. The molecule has 0 bridgehead atoms. The maximum atomic E-state index is 5.86. The van der Waals surface area contributed by atoms with Crippen LogP contribution in [0.5, 0.6) is 0 Å². The van der Waals surface area contributed by atoms with Gasteiger partial charge in [-0.3, -0.25) is 4.68 Å². The molecular formula is C11H17N7. The van der Waals surface area contributed by atoms with Gasteiger partial charge in [-0.2, -0.15) is 10.2 Å². The van der Waals surface area contributed by atoms with Crippen LogP contribution in [0.4, 0.5) is 11.5 Å². The van der Waals surface area contributed by atoms with Crippen molar-refractivity contribution in [3.63, 3.8) is 0 Å². The molecule has 0 radical (unpaired) electrons. The Bertz CT molecular complexity index is 518. The van der Waals surface area contributed by atoms with Crippen LogP contribution in [0.3, 0.4) is 0 Å². The first-order valence-corrected chi connectivity index (χ1v) is 6.00. The van der Waals surface area contributed by atoms with Crippen molar-refractivity contribution in [2.45, 2.75) is 12.6 Å². The predicted octanol–water partition coefficient (Wildman–Crippen LogP) is -0.0448. The maximum absolute atomic E-state index is 5.86. The van der Waals surface area contributed by atoms with Crippen molar-refractivity contribution in [3.8, 4) is 0 Å². The number of hydrogen-bond donors (Lipinski definition) is 3. The average molecular weight is 247 g/mol. The lowest BCUT2D eigenvalue weighted by Crippen LogP contribution is -2.44. The van der Waals surface area contributed by atoms with Crippen LogP contribution in [-0.4, -0.2) is 32.7 Å². The molecule has 3 rings (SSSR count). The van der Waals surface area contributed by atoms with E-state index in [1.807, 2.05) is 24.0 Å². The van der Waals surface area contributed by atoms with Crippen molar-refractivity contribution in [2.75, 3.05) is 24.1 Å². The van der Waals surface area contributed by atoms with E-state index in [0.717, 1.165) is 24.6 Å². The molecule has 0 amide bonds. The Kier molecular flexibility index (Phi) is 2.67. The molecule has 1 aliphatic rings. The minimum absolute atomic E-state index is 0.450. The molecule has 1 aliphatic heterocycles. The zero-order valence-corrected chi connectivity index (χ0v) is 10.3. The highest BCUT2D eigenvalue weighted by Crippen LogP contribution is 2.19. The molecule has 2 aromatic rings. The molecule has 1 fully saturated rings. The number of nitrogens with two attached hydrogens (primary N) is 1. The number of nitrogens with zero attached hydrogens (tertiary/aromatic N) is 4. The summed E-state index contributed by atoms with van der Waals surface area (Å²) in [5.74, 6) is 1.02. The number of anilines is 2. The van der Waals surface area contributed by atoms with Gasteiger partial charge < -0.3 is 16.4 Å². The van der Waals surface area contributed by atoms with Crippen LogP contribution in [0.2, 0.25) is 0 Å². The van der Waals surface area contributed by atoms with Crippen molar-refractivity contribution in [2.24, 2.45) is 7.05 Å². The van der Waals surface area contributed by atoms with Crippen LogP contribution in [0.1, 0.15) is 11.7 Å². The highest BCUT2D eigenvalue weighted by atomic mass is 15.4. The van der Waals surface area contributed by atoms with E-state index in [4.69, 9.17) is 5.73 Å². The molecule has 18 heavy (non-hydrogen) atoms. The number of aryl methyl sites for hydroxylation is 1. The normalized spacial score (nSPS) is 15.6. The monoisotopic (exact) mass is 247 g/mol. The minimum atomic E-state index is 0.450. The SMILES string of the molecule is Cn1ncc(N)c1CNc1ccnn1C1CNC1. The molecule has 1 saturated heterocycles. The van der Waals surface area contributed by atoms with E-state index in [1.54, 1.807) is 10.9 Å². The van der Waals surface area contributed by atoms with Gasteiger partial charge in [0.2, 0.25) is 0 Å². The molecule has 0 atom stereocenters. The van der Waals surface area contributed by atoms with E-state index in [2.05, 4.69) is 20.8 Å². The maximum Gasteiger partial charge on any atom is 0.124 e. The summed E-state index contributed by atoms with van der Waals surface area (Å²) in [5, 5.41) is 15.1. The number of nitrogens with one attached hydrogen (secondary N) is 2. The fourth-order valence-electron chi connectivity index (χ4n) is 2.06. The summed E-state index contributed by atoms with van der Waals surface area (Å²) >= 11 is 0. The van der Waals surface area contributed by atoms with E-state index in [0.29, 0.717) is 18.3 Å². The van der Waals surface area contributed by atoms with E-state index in [-0.39, 0.29) is 0 Å². The van der Waals surface area contributed by atoms with Gasteiger partial charge in [0.05, 0.1) is 36.4 Å². The summed E-state index contributed by atoms with van der Waals surface area (Å²) in [4.78, 5) is 0. The van der Waals surface area contributed by atoms with Crippen LogP contribution in [-0.2, 0) is 13.6 Å². The second-order valence-corrected chi connectivity index (χ2v) is 4.50. The first-order valence-electron chi connectivity index (χ1n) is 6.00. The van der Waals surface area contributed by atoms with Gasteiger partial charge in [-0.1, -0.05) is 0 Å². The first kappa shape index (κ1) is 11.1. The number of rotatable bonds is 4. The molecule has 0 unspecified atom stereocenters. The molecule has 0 saturated carbocycles. The minimum Gasteiger partial charge on any atom is -0.396 e. The molecule has 0 spiro atoms. The molecule has 0 aromatic carbocycles. The van der Waals surface area contributed by atoms with Crippen LogP contribution < -0.4 is 16.4 Å². The third-order valence-electron chi connectivity index (χ3n) is 3.31. The highest BCUT2D eigenvalue weighted by molar-refractivity contribution is 5.44. The topological polar surface area (TPSA) is 85.7 Å². The third-order valence-corrected chi connectivity index (χ3v) is 3.31. The summed E-state index contributed by atoms with van der Waals surface area (Å²) in [6.07, 6.45) is 3.48.